The number of rotatable bonds is 0. The van der Waals surface area contributed by atoms with Crippen molar-refractivity contribution < 1.29 is 9.59 Å². The Kier molecular flexibility index (Phi) is 2.25. The van der Waals surface area contributed by atoms with Crippen LogP contribution in [0.3, 0.4) is 0 Å². The molecular formula is C10H8ClNO2. The number of hydrogen-bond acceptors (Lipinski definition) is 2. The predicted octanol–water partition coefficient (Wildman–Crippen LogP) is 1.20. The number of carbonyl (C=O) groups is 2. The van der Waals surface area contributed by atoms with Crippen LogP contribution in [0.15, 0.2) is 18.2 Å². The van der Waals surface area contributed by atoms with Crippen LogP contribution in [0, 0.1) is 0 Å². The van der Waals surface area contributed by atoms with Crippen LogP contribution >= 0.6 is 11.6 Å². The molecule has 1 N–H and O–H groups in total. The second-order valence-corrected chi connectivity index (χ2v) is 3.64. The zero-order valence-corrected chi connectivity index (χ0v) is 8.10. The van der Waals surface area contributed by atoms with E-state index in [1.807, 2.05) is 0 Å². The van der Waals surface area contributed by atoms with Crippen molar-refractivity contribution in [1.29, 1.82) is 0 Å². The van der Waals surface area contributed by atoms with Gasteiger partial charge in [-0.25, -0.2) is 0 Å². The summed E-state index contributed by atoms with van der Waals surface area (Å²) in [6, 6.07) is 5.00. The quantitative estimate of drug-likeness (QED) is 0.698. The van der Waals surface area contributed by atoms with Crippen LogP contribution in [0.25, 0.3) is 0 Å². The summed E-state index contributed by atoms with van der Waals surface area (Å²) < 4.78 is 0. The number of amides is 1. The van der Waals surface area contributed by atoms with Crippen LogP contribution in [0.4, 0.5) is 0 Å². The molecule has 1 amide bonds. The van der Waals surface area contributed by atoms with Crippen molar-refractivity contribution in [1.82, 2.24) is 5.32 Å². The summed E-state index contributed by atoms with van der Waals surface area (Å²) in [5.74, 6) is -0.215. The number of benzene rings is 1. The van der Waals surface area contributed by atoms with E-state index in [-0.39, 0.29) is 18.2 Å². The molecule has 2 rings (SSSR count). The number of nitrogens with one attached hydrogen (secondary N) is 1. The van der Waals surface area contributed by atoms with Gasteiger partial charge in [0.05, 0.1) is 6.54 Å². The summed E-state index contributed by atoms with van der Waals surface area (Å²) in [6.45, 7) is 0.102. The van der Waals surface area contributed by atoms with Crippen LogP contribution in [0.1, 0.15) is 15.9 Å². The monoisotopic (exact) mass is 209 g/mol. The number of halogens is 1. The molecule has 0 aliphatic carbocycles. The number of ketones is 1. The normalized spacial score (nSPS) is 15.8. The summed E-state index contributed by atoms with van der Waals surface area (Å²) in [7, 11) is 0. The van der Waals surface area contributed by atoms with E-state index in [2.05, 4.69) is 5.32 Å². The zero-order valence-electron chi connectivity index (χ0n) is 7.34. The van der Waals surface area contributed by atoms with Gasteiger partial charge >= 0.3 is 0 Å². The van der Waals surface area contributed by atoms with Gasteiger partial charge in [-0.2, -0.15) is 0 Å². The fourth-order valence-electron chi connectivity index (χ4n) is 1.46. The maximum atomic E-state index is 11.5. The van der Waals surface area contributed by atoms with Crippen molar-refractivity contribution in [3.05, 3.63) is 34.3 Å². The smallest absolute Gasteiger partial charge is 0.251 e. The Hall–Kier alpha value is -1.35. The Morgan fingerprint density at radius 1 is 1.29 bits per heavy atom. The maximum Gasteiger partial charge on any atom is 0.251 e. The van der Waals surface area contributed by atoms with Gasteiger partial charge < -0.3 is 5.32 Å². The Morgan fingerprint density at radius 3 is 2.86 bits per heavy atom. The third-order valence-electron chi connectivity index (χ3n) is 2.15. The van der Waals surface area contributed by atoms with E-state index in [1.165, 1.54) is 0 Å². The third-order valence-corrected chi connectivity index (χ3v) is 2.39. The largest absolute Gasteiger partial charge is 0.345 e. The van der Waals surface area contributed by atoms with Crippen LogP contribution in [0.5, 0.6) is 0 Å². The second-order valence-electron chi connectivity index (χ2n) is 3.20. The van der Waals surface area contributed by atoms with Gasteiger partial charge in [0.1, 0.15) is 0 Å². The highest BCUT2D eigenvalue weighted by atomic mass is 35.5. The standard InChI is InChI=1S/C10H8ClNO2/c11-7-2-1-6-3-8(13)5-12-10(14)9(6)4-7/h1-2,4H,3,5H2,(H,12,14). The fourth-order valence-corrected chi connectivity index (χ4v) is 1.64. The molecule has 0 aromatic heterocycles. The molecule has 4 heteroatoms. The highest BCUT2D eigenvalue weighted by Crippen LogP contribution is 2.18. The lowest BCUT2D eigenvalue weighted by molar-refractivity contribution is -0.117. The molecule has 0 bridgehead atoms. The van der Waals surface area contributed by atoms with Gasteiger partial charge in [0.2, 0.25) is 0 Å². The number of fused-ring (bicyclic) bond motifs is 1. The number of hydrogen-bond donors (Lipinski definition) is 1. The Balaban J connectivity index is 2.52. The lowest BCUT2D eigenvalue weighted by Crippen LogP contribution is -2.26. The molecule has 1 aliphatic heterocycles. The van der Waals surface area contributed by atoms with Gasteiger partial charge in [0, 0.05) is 17.0 Å². The van der Waals surface area contributed by atoms with E-state index in [0.29, 0.717) is 17.0 Å². The first kappa shape index (κ1) is 9.21. The van der Waals surface area contributed by atoms with E-state index in [9.17, 15) is 9.59 Å². The highest BCUT2D eigenvalue weighted by molar-refractivity contribution is 6.31. The minimum absolute atomic E-state index is 0.0134. The molecule has 0 saturated carbocycles. The fraction of sp³-hybridized carbons (Fsp3) is 0.200. The van der Waals surface area contributed by atoms with E-state index >= 15 is 0 Å². The number of carbonyl (C=O) groups excluding carboxylic acids is 2. The van der Waals surface area contributed by atoms with Crippen LogP contribution in [-0.4, -0.2) is 18.2 Å². The van der Waals surface area contributed by atoms with Crippen molar-refractivity contribution in [2.75, 3.05) is 6.54 Å². The van der Waals surface area contributed by atoms with Crippen LogP contribution in [-0.2, 0) is 11.2 Å². The van der Waals surface area contributed by atoms with Crippen LogP contribution < -0.4 is 5.32 Å². The maximum absolute atomic E-state index is 11.5. The molecule has 0 spiro atoms. The minimum Gasteiger partial charge on any atom is -0.345 e. The van der Waals surface area contributed by atoms with Gasteiger partial charge in [-0.15, -0.1) is 0 Å². The van der Waals surface area contributed by atoms with E-state index in [4.69, 9.17) is 11.6 Å². The Morgan fingerprint density at radius 2 is 2.07 bits per heavy atom. The predicted molar refractivity (Wildman–Crippen MR) is 52.5 cm³/mol. The number of Topliss-reactive ketones (excluding diaryl/α,β-unsaturated/α-hetero) is 1. The van der Waals surface area contributed by atoms with Gasteiger partial charge in [0.15, 0.2) is 5.78 Å². The molecule has 1 aromatic carbocycles. The summed E-state index contributed by atoms with van der Waals surface area (Å²) in [5, 5.41) is 3.04. The first-order valence-corrected chi connectivity index (χ1v) is 4.63. The average Bonchev–Trinajstić information content (AvgIpc) is 2.29. The molecule has 0 radical (unpaired) electrons. The molecule has 3 nitrogen and oxygen atoms in total. The molecule has 0 atom stereocenters. The van der Waals surface area contributed by atoms with E-state index in [1.54, 1.807) is 18.2 Å². The molecule has 14 heavy (non-hydrogen) atoms. The molecule has 1 aromatic rings. The molecule has 0 fully saturated rings. The minimum atomic E-state index is -0.228. The van der Waals surface area contributed by atoms with Crippen LogP contribution in [0.2, 0.25) is 5.02 Å². The first-order valence-electron chi connectivity index (χ1n) is 4.25. The summed E-state index contributed by atoms with van der Waals surface area (Å²) in [6.07, 6.45) is 0.297. The molecule has 1 aliphatic rings. The molecule has 1 heterocycles. The lowest BCUT2D eigenvalue weighted by Gasteiger charge is -2.03. The summed E-state index contributed by atoms with van der Waals surface area (Å²) >= 11 is 5.77. The summed E-state index contributed by atoms with van der Waals surface area (Å²) in [4.78, 5) is 22.7. The lowest BCUT2D eigenvalue weighted by atomic mass is 10.0. The van der Waals surface area contributed by atoms with Crippen molar-refractivity contribution in [3.63, 3.8) is 0 Å². The van der Waals surface area contributed by atoms with Gasteiger partial charge in [-0.1, -0.05) is 17.7 Å². The van der Waals surface area contributed by atoms with Gasteiger partial charge in [0.25, 0.3) is 5.91 Å². The van der Waals surface area contributed by atoms with Crippen molar-refractivity contribution >= 4 is 23.3 Å². The SMILES string of the molecule is O=C1CNC(=O)c2cc(Cl)ccc2C1. The Labute approximate surface area is 86.1 Å². The second kappa shape index (κ2) is 3.42. The van der Waals surface area contributed by atoms with Crippen molar-refractivity contribution in [2.45, 2.75) is 6.42 Å². The Bertz CT molecular complexity index is 415. The highest BCUT2D eigenvalue weighted by Gasteiger charge is 2.19. The molecule has 0 unspecified atom stereocenters. The van der Waals surface area contributed by atoms with Gasteiger partial charge in [-0.05, 0) is 17.7 Å². The first-order chi connectivity index (χ1) is 6.66. The van der Waals surface area contributed by atoms with Crippen molar-refractivity contribution in [2.24, 2.45) is 0 Å². The van der Waals surface area contributed by atoms with E-state index < -0.39 is 0 Å². The molecule has 72 valence electrons. The average molecular weight is 210 g/mol. The topological polar surface area (TPSA) is 46.2 Å². The third kappa shape index (κ3) is 1.63. The molecule has 0 saturated heterocycles. The van der Waals surface area contributed by atoms with E-state index in [0.717, 1.165) is 5.56 Å². The molecular weight excluding hydrogens is 202 g/mol. The van der Waals surface area contributed by atoms with Gasteiger partial charge in [-0.3, -0.25) is 9.59 Å². The van der Waals surface area contributed by atoms with Crippen molar-refractivity contribution in [3.8, 4) is 0 Å². The summed E-state index contributed by atoms with van der Waals surface area (Å²) in [5.41, 5.74) is 1.25. The zero-order chi connectivity index (χ0) is 10.1.